The summed E-state index contributed by atoms with van der Waals surface area (Å²) in [4.78, 5) is 13.6. The topological polar surface area (TPSA) is 52.6 Å². The summed E-state index contributed by atoms with van der Waals surface area (Å²) in [6.45, 7) is 6.03. The van der Waals surface area contributed by atoms with Crippen LogP contribution in [-0.2, 0) is 4.79 Å². The first-order chi connectivity index (χ1) is 7.11. The van der Waals surface area contributed by atoms with Crippen molar-refractivity contribution in [3.05, 3.63) is 0 Å². The average Bonchev–Trinajstić information content (AvgIpc) is 2.17. The van der Waals surface area contributed by atoms with Crippen molar-refractivity contribution in [2.75, 3.05) is 19.6 Å². The Hall–Kier alpha value is -0.610. The van der Waals surface area contributed by atoms with Gasteiger partial charge in [-0.1, -0.05) is 6.92 Å². The van der Waals surface area contributed by atoms with E-state index in [-0.39, 0.29) is 18.1 Å². The van der Waals surface area contributed by atoms with Gasteiger partial charge >= 0.3 is 0 Å². The number of piperidine rings is 1. The van der Waals surface area contributed by atoms with Gasteiger partial charge in [-0.05, 0) is 32.7 Å². The molecule has 0 bridgehead atoms. The highest BCUT2D eigenvalue weighted by atomic mass is 16.3. The van der Waals surface area contributed by atoms with E-state index in [1.807, 2.05) is 11.8 Å². The fourth-order valence-corrected chi connectivity index (χ4v) is 1.80. The minimum Gasteiger partial charge on any atom is -0.392 e. The van der Waals surface area contributed by atoms with E-state index < -0.39 is 0 Å². The predicted molar refractivity (Wildman–Crippen MR) is 59.6 cm³/mol. The van der Waals surface area contributed by atoms with Crippen LogP contribution in [0.15, 0.2) is 0 Å². The molecule has 4 heteroatoms. The smallest absolute Gasteiger partial charge is 0.234 e. The number of rotatable bonds is 4. The van der Waals surface area contributed by atoms with Gasteiger partial charge in [0.05, 0.1) is 12.6 Å². The SMILES string of the molecule is CCC(C)NC(=O)CN1CCC[C@H](O)C1. The van der Waals surface area contributed by atoms with Crippen molar-refractivity contribution >= 4 is 5.91 Å². The highest BCUT2D eigenvalue weighted by Gasteiger charge is 2.19. The Bertz CT molecular complexity index is 209. The van der Waals surface area contributed by atoms with Gasteiger partial charge in [-0.15, -0.1) is 0 Å². The third-order valence-corrected chi connectivity index (χ3v) is 2.87. The molecule has 1 heterocycles. The van der Waals surface area contributed by atoms with E-state index in [4.69, 9.17) is 0 Å². The summed E-state index contributed by atoms with van der Waals surface area (Å²) in [7, 11) is 0. The number of aliphatic hydroxyl groups is 1. The molecule has 0 aromatic heterocycles. The Morgan fingerprint density at radius 1 is 1.67 bits per heavy atom. The van der Waals surface area contributed by atoms with E-state index in [9.17, 15) is 9.90 Å². The molecule has 1 saturated heterocycles. The Labute approximate surface area is 91.6 Å². The number of hydrogen-bond donors (Lipinski definition) is 2. The van der Waals surface area contributed by atoms with E-state index >= 15 is 0 Å². The number of likely N-dealkylation sites (tertiary alicyclic amines) is 1. The molecule has 88 valence electrons. The van der Waals surface area contributed by atoms with Gasteiger partial charge in [0.25, 0.3) is 0 Å². The zero-order chi connectivity index (χ0) is 11.3. The van der Waals surface area contributed by atoms with E-state index in [1.54, 1.807) is 0 Å². The summed E-state index contributed by atoms with van der Waals surface area (Å²) in [5, 5.41) is 12.4. The number of hydrogen-bond acceptors (Lipinski definition) is 3. The van der Waals surface area contributed by atoms with Crippen LogP contribution in [0.1, 0.15) is 33.1 Å². The van der Waals surface area contributed by atoms with Gasteiger partial charge in [0, 0.05) is 12.6 Å². The lowest BCUT2D eigenvalue weighted by Crippen LogP contribution is -2.45. The molecule has 0 aromatic rings. The van der Waals surface area contributed by atoms with Gasteiger partial charge in [-0.25, -0.2) is 0 Å². The van der Waals surface area contributed by atoms with Crippen LogP contribution in [0, 0.1) is 0 Å². The summed E-state index contributed by atoms with van der Waals surface area (Å²) in [5.41, 5.74) is 0. The molecule has 0 aliphatic carbocycles. The zero-order valence-electron chi connectivity index (χ0n) is 9.70. The number of aliphatic hydroxyl groups excluding tert-OH is 1. The molecule has 1 aliphatic heterocycles. The molecule has 1 unspecified atom stereocenters. The lowest BCUT2D eigenvalue weighted by atomic mass is 10.1. The van der Waals surface area contributed by atoms with E-state index in [0.29, 0.717) is 13.1 Å². The third kappa shape index (κ3) is 4.62. The molecule has 1 fully saturated rings. The van der Waals surface area contributed by atoms with Crippen molar-refractivity contribution in [3.8, 4) is 0 Å². The molecule has 1 aliphatic rings. The summed E-state index contributed by atoms with van der Waals surface area (Å²) in [6, 6.07) is 0.243. The monoisotopic (exact) mass is 214 g/mol. The first kappa shape index (κ1) is 12.5. The van der Waals surface area contributed by atoms with E-state index in [2.05, 4.69) is 12.2 Å². The average molecular weight is 214 g/mol. The van der Waals surface area contributed by atoms with Gasteiger partial charge in [0.2, 0.25) is 5.91 Å². The normalized spacial score (nSPS) is 24.9. The van der Waals surface area contributed by atoms with Crippen molar-refractivity contribution in [1.29, 1.82) is 0 Å². The molecule has 15 heavy (non-hydrogen) atoms. The van der Waals surface area contributed by atoms with Crippen molar-refractivity contribution in [2.45, 2.75) is 45.3 Å². The van der Waals surface area contributed by atoms with Crippen molar-refractivity contribution < 1.29 is 9.90 Å². The number of amides is 1. The molecule has 0 aromatic carbocycles. The highest BCUT2D eigenvalue weighted by molar-refractivity contribution is 5.78. The zero-order valence-corrected chi connectivity index (χ0v) is 9.70. The minimum atomic E-state index is -0.254. The van der Waals surface area contributed by atoms with Gasteiger partial charge < -0.3 is 10.4 Å². The maximum atomic E-state index is 11.6. The van der Waals surface area contributed by atoms with Crippen molar-refractivity contribution in [3.63, 3.8) is 0 Å². The second-order valence-electron chi connectivity index (χ2n) is 4.41. The second-order valence-corrected chi connectivity index (χ2v) is 4.41. The lowest BCUT2D eigenvalue weighted by molar-refractivity contribution is -0.123. The van der Waals surface area contributed by atoms with Crippen LogP contribution in [0.4, 0.5) is 0 Å². The van der Waals surface area contributed by atoms with Gasteiger partial charge in [-0.3, -0.25) is 9.69 Å². The van der Waals surface area contributed by atoms with E-state index in [0.717, 1.165) is 25.8 Å². The Morgan fingerprint density at radius 3 is 3.00 bits per heavy atom. The third-order valence-electron chi connectivity index (χ3n) is 2.87. The molecular weight excluding hydrogens is 192 g/mol. The van der Waals surface area contributed by atoms with Gasteiger partial charge in [0.15, 0.2) is 0 Å². The maximum absolute atomic E-state index is 11.6. The maximum Gasteiger partial charge on any atom is 0.234 e. The van der Waals surface area contributed by atoms with Crippen LogP contribution in [0.2, 0.25) is 0 Å². The first-order valence-electron chi connectivity index (χ1n) is 5.81. The van der Waals surface area contributed by atoms with Crippen LogP contribution in [0.25, 0.3) is 0 Å². The molecule has 1 amide bonds. The Balaban J connectivity index is 2.24. The first-order valence-corrected chi connectivity index (χ1v) is 5.81. The quantitative estimate of drug-likeness (QED) is 0.710. The molecular formula is C11H22N2O2. The molecule has 2 atom stereocenters. The summed E-state index contributed by atoms with van der Waals surface area (Å²) in [6.07, 6.45) is 2.55. The summed E-state index contributed by atoms with van der Waals surface area (Å²) in [5.74, 6) is 0.0680. The van der Waals surface area contributed by atoms with Crippen molar-refractivity contribution in [1.82, 2.24) is 10.2 Å². The van der Waals surface area contributed by atoms with Gasteiger partial charge in [-0.2, -0.15) is 0 Å². The number of carbonyl (C=O) groups excluding carboxylic acids is 1. The molecule has 0 saturated carbocycles. The molecule has 2 N–H and O–H groups in total. The minimum absolute atomic E-state index is 0.0680. The summed E-state index contributed by atoms with van der Waals surface area (Å²) < 4.78 is 0. The Morgan fingerprint density at radius 2 is 2.40 bits per heavy atom. The standard InChI is InChI=1S/C11H22N2O2/c1-3-9(2)12-11(15)8-13-6-4-5-10(14)7-13/h9-10,14H,3-8H2,1-2H3,(H,12,15)/t9?,10-/m0/s1. The predicted octanol–water partition coefficient (Wildman–Crippen LogP) is 0.358. The lowest BCUT2D eigenvalue weighted by Gasteiger charge is -2.29. The van der Waals surface area contributed by atoms with Crippen LogP contribution in [0.3, 0.4) is 0 Å². The molecule has 1 rings (SSSR count). The second kappa shape index (κ2) is 6.08. The van der Waals surface area contributed by atoms with Crippen molar-refractivity contribution in [2.24, 2.45) is 0 Å². The Kier molecular flexibility index (Phi) is 5.05. The molecule has 0 spiro atoms. The fraction of sp³-hybridized carbons (Fsp3) is 0.909. The van der Waals surface area contributed by atoms with Crippen LogP contribution in [0.5, 0.6) is 0 Å². The fourth-order valence-electron chi connectivity index (χ4n) is 1.80. The summed E-state index contributed by atoms with van der Waals surface area (Å²) >= 11 is 0. The highest BCUT2D eigenvalue weighted by Crippen LogP contribution is 2.08. The number of β-amino-alcohol motifs (C(OH)–C–C–N with tert-alkyl or cyclic N) is 1. The largest absolute Gasteiger partial charge is 0.392 e. The van der Waals surface area contributed by atoms with E-state index in [1.165, 1.54) is 0 Å². The van der Waals surface area contributed by atoms with Gasteiger partial charge in [0.1, 0.15) is 0 Å². The molecule has 0 radical (unpaired) electrons. The van der Waals surface area contributed by atoms with Crippen LogP contribution < -0.4 is 5.32 Å². The van der Waals surface area contributed by atoms with Crippen LogP contribution in [-0.4, -0.2) is 47.7 Å². The molecule has 4 nitrogen and oxygen atoms in total. The number of nitrogens with one attached hydrogen (secondary N) is 1. The van der Waals surface area contributed by atoms with Crippen LogP contribution >= 0.6 is 0 Å². The number of carbonyl (C=O) groups is 1. The number of nitrogens with zero attached hydrogens (tertiary/aromatic N) is 1.